The third-order valence-electron chi connectivity index (χ3n) is 2.76. The van der Waals surface area contributed by atoms with Crippen LogP contribution in [0.4, 0.5) is 0 Å². The summed E-state index contributed by atoms with van der Waals surface area (Å²) in [6.07, 6.45) is 0.625. The SMILES string of the molecule is NC(Cc1ccccc1Cl)c1cc(Cl)ccc1Cl. The van der Waals surface area contributed by atoms with Crippen molar-refractivity contribution in [2.24, 2.45) is 5.73 Å². The molecule has 94 valence electrons. The topological polar surface area (TPSA) is 26.0 Å². The largest absolute Gasteiger partial charge is 0.324 e. The van der Waals surface area contributed by atoms with E-state index < -0.39 is 0 Å². The summed E-state index contributed by atoms with van der Waals surface area (Å²) >= 11 is 18.2. The Hall–Kier alpha value is -0.730. The third-order valence-corrected chi connectivity index (χ3v) is 3.70. The van der Waals surface area contributed by atoms with Gasteiger partial charge in [0.05, 0.1) is 0 Å². The highest BCUT2D eigenvalue weighted by atomic mass is 35.5. The Bertz CT molecular complexity index is 554. The van der Waals surface area contributed by atoms with E-state index in [0.29, 0.717) is 21.5 Å². The molecule has 2 aromatic carbocycles. The molecular formula is C14H12Cl3N. The van der Waals surface area contributed by atoms with Crippen molar-refractivity contribution in [3.05, 3.63) is 68.7 Å². The van der Waals surface area contributed by atoms with Crippen molar-refractivity contribution < 1.29 is 0 Å². The Balaban J connectivity index is 2.25. The quantitative estimate of drug-likeness (QED) is 0.858. The Morgan fingerprint density at radius 3 is 2.39 bits per heavy atom. The first-order chi connectivity index (χ1) is 8.58. The molecule has 0 amide bonds. The third kappa shape index (κ3) is 3.18. The highest BCUT2D eigenvalue weighted by molar-refractivity contribution is 6.33. The van der Waals surface area contributed by atoms with Crippen molar-refractivity contribution in [3.8, 4) is 0 Å². The van der Waals surface area contributed by atoms with E-state index >= 15 is 0 Å². The first kappa shape index (κ1) is 13.7. The normalized spacial score (nSPS) is 12.4. The van der Waals surface area contributed by atoms with Crippen molar-refractivity contribution in [1.82, 2.24) is 0 Å². The minimum atomic E-state index is -0.226. The summed E-state index contributed by atoms with van der Waals surface area (Å²) in [5.41, 5.74) is 8.00. The van der Waals surface area contributed by atoms with Crippen molar-refractivity contribution in [3.63, 3.8) is 0 Å². The number of hydrogen-bond donors (Lipinski definition) is 1. The molecule has 0 aliphatic rings. The van der Waals surface area contributed by atoms with Gasteiger partial charge in [0.2, 0.25) is 0 Å². The van der Waals surface area contributed by atoms with Gasteiger partial charge in [0.1, 0.15) is 0 Å². The van der Waals surface area contributed by atoms with Crippen LogP contribution in [0, 0.1) is 0 Å². The highest BCUT2D eigenvalue weighted by Gasteiger charge is 2.13. The molecule has 2 rings (SSSR count). The molecular weight excluding hydrogens is 289 g/mol. The van der Waals surface area contributed by atoms with Crippen molar-refractivity contribution in [1.29, 1.82) is 0 Å². The van der Waals surface area contributed by atoms with Gasteiger partial charge in [0, 0.05) is 21.1 Å². The number of nitrogens with two attached hydrogens (primary N) is 1. The first-order valence-corrected chi connectivity index (χ1v) is 6.65. The Morgan fingerprint density at radius 1 is 0.944 bits per heavy atom. The van der Waals surface area contributed by atoms with E-state index in [1.165, 1.54) is 0 Å². The van der Waals surface area contributed by atoms with Gasteiger partial charge in [-0.15, -0.1) is 0 Å². The molecule has 1 atom stereocenters. The van der Waals surface area contributed by atoms with Crippen molar-refractivity contribution in [2.45, 2.75) is 12.5 Å². The van der Waals surface area contributed by atoms with Gasteiger partial charge in [0.25, 0.3) is 0 Å². The first-order valence-electron chi connectivity index (χ1n) is 5.52. The lowest BCUT2D eigenvalue weighted by molar-refractivity contribution is 0.722. The monoisotopic (exact) mass is 299 g/mol. The van der Waals surface area contributed by atoms with E-state index in [-0.39, 0.29) is 6.04 Å². The van der Waals surface area contributed by atoms with Crippen LogP contribution in [0.5, 0.6) is 0 Å². The standard InChI is InChI=1S/C14H12Cl3N/c15-10-5-6-13(17)11(8-10)14(18)7-9-3-1-2-4-12(9)16/h1-6,8,14H,7,18H2. The van der Waals surface area contributed by atoms with Gasteiger partial charge in [-0.2, -0.15) is 0 Å². The average molecular weight is 301 g/mol. The number of hydrogen-bond acceptors (Lipinski definition) is 1. The van der Waals surface area contributed by atoms with Crippen LogP contribution in [-0.2, 0) is 6.42 Å². The summed E-state index contributed by atoms with van der Waals surface area (Å²) < 4.78 is 0. The van der Waals surface area contributed by atoms with Crippen LogP contribution in [0.2, 0.25) is 15.1 Å². The number of rotatable bonds is 3. The fourth-order valence-electron chi connectivity index (χ4n) is 1.81. The maximum Gasteiger partial charge on any atom is 0.0454 e. The van der Waals surface area contributed by atoms with Crippen LogP contribution in [0.1, 0.15) is 17.2 Å². The maximum atomic E-state index is 6.16. The molecule has 0 saturated heterocycles. The van der Waals surface area contributed by atoms with Crippen LogP contribution in [0.3, 0.4) is 0 Å². The Kier molecular flexibility index (Phi) is 4.52. The van der Waals surface area contributed by atoms with E-state index in [9.17, 15) is 0 Å². The van der Waals surface area contributed by atoms with Crippen molar-refractivity contribution >= 4 is 34.8 Å². The minimum absolute atomic E-state index is 0.226. The zero-order valence-electron chi connectivity index (χ0n) is 9.54. The molecule has 2 N–H and O–H groups in total. The smallest absolute Gasteiger partial charge is 0.0454 e. The summed E-state index contributed by atoms with van der Waals surface area (Å²) in [5.74, 6) is 0. The number of halogens is 3. The molecule has 1 unspecified atom stereocenters. The summed E-state index contributed by atoms with van der Waals surface area (Å²) in [4.78, 5) is 0. The zero-order chi connectivity index (χ0) is 13.1. The summed E-state index contributed by atoms with van der Waals surface area (Å²) in [6, 6.07) is 12.7. The lowest BCUT2D eigenvalue weighted by Gasteiger charge is -2.15. The maximum absolute atomic E-state index is 6.16. The average Bonchev–Trinajstić information content (AvgIpc) is 2.35. The molecule has 18 heavy (non-hydrogen) atoms. The lowest BCUT2D eigenvalue weighted by Crippen LogP contribution is -2.14. The van der Waals surface area contributed by atoms with Gasteiger partial charge in [-0.25, -0.2) is 0 Å². The van der Waals surface area contributed by atoms with E-state index in [4.69, 9.17) is 40.5 Å². The zero-order valence-corrected chi connectivity index (χ0v) is 11.8. The van der Waals surface area contributed by atoms with E-state index in [0.717, 1.165) is 11.1 Å². The molecule has 0 aliphatic carbocycles. The molecule has 0 fully saturated rings. The van der Waals surface area contributed by atoms with E-state index in [1.807, 2.05) is 24.3 Å². The molecule has 0 bridgehead atoms. The van der Waals surface area contributed by atoms with Gasteiger partial charge >= 0.3 is 0 Å². The molecule has 0 heterocycles. The molecule has 0 saturated carbocycles. The predicted molar refractivity (Wildman–Crippen MR) is 78.5 cm³/mol. The van der Waals surface area contributed by atoms with Crippen LogP contribution in [0.15, 0.2) is 42.5 Å². The van der Waals surface area contributed by atoms with Crippen LogP contribution >= 0.6 is 34.8 Å². The minimum Gasteiger partial charge on any atom is -0.324 e. The summed E-state index contributed by atoms with van der Waals surface area (Å²) in [7, 11) is 0. The fourth-order valence-corrected chi connectivity index (χ4v) is 2.46. The molecule has 4 heteroatoms. The molecule has 0 aliphatic heterocycles. The Labute approximate surface area is 121 Å². The Morgan fingerprint density at radius 2 is 1.67 bits per heavy atom. The molecule has 2 aromatic rings. The molecule has 0 spiro atoms. The summed E-state index contributed by atoms with van der Waals surface area (Å²) in [6.45, 7) is 0. The summed E-state index contributed by atoms with van der Waals surface area (Å²) in [5, 5.41) is 1.97. The van der Waals surface area contributed by atoms with E-state index in [1.54, 1.807) is 18.2 Å². The van der Waals surface area contributed by atoms with Crippen LogP contribution in [-0.4, -0.2) is 0 Å². The molecule has 1 nitrogen and oxygen atoms in total. The van der Waals surface area contributed by atoms with Crippen molar-refractivity contribution in [2.75, 3.05) is 0 Å². The second-order valence-corrected chi connectivity index (χ2v) is 5.32. The van der Waals surface area contributed by atoms with Gasteiger partial charge in [0.15, 0.2) is 0 Å². The number of benzene rings is 2. The van der Waals surface area contributed by atoms with Gasteiger partial charge in [-0.1, -0.05) is 53.0 Å². The second kappa shape index (κ2) is 5.94. The van der Waals surface area contributed by atoms with Crippen LogP contribution < -0.4 is 5.73 Å². The molecule has 0 aromatic heterocycles. The molecule has 0 radical (unpaired) electrons. The highest BCUT2D eigenvalue weighted by Crippen LogP contribution is 2.28. The van der Waals surface area contributed by atoms with E-state index in [2.05, 4.69) is 0 Å². The fraction of sp³-hybridized carbons (Fsp3) is 0.143. The predicted octanol–water partition coefficient (Wildman–Crippen LogP) is 4.89. The van der Waals surface area contributed by atoms with Gasteiger partial charge in [-0.05, 0) is 41.8 Å². The lowest BCUT2D eigenvalue weighted by atomic mass is 9.99. The van der Waals surface area contributed by atoms with Gasteiger partial charge in [-0.3, -0.25) is 0 Å². The van der Waals surface area contributed by atoms with Gasteiger partial charge < -0.3 is 5.73 Å². The second-order valence-electron chi connectivity index (χ2n) is 4.07. The van der Waals surface area contributed by atoms with Crippen LogP contribution in [0.25, 0.3) is 0 Å².